The molecule has 2 aliphatic rings. The molecule has 1 aromatic heterocycles. The van der Waals surface area contributed by atoms with Gasteiger partial charge in [0.05, 0.1) is 6.10 Å². The average molecular weight is 251 g/mol. The third-order valence-corrected chi connectivity index (χ3v) is 4.13. The summed E-state index contributed by atoms with van der Waals surface area (Å²) in [6.07, 6.45) is 5.47. The van der Waals surface area contributed by atoms with Gasteiger partial charge >= 0.3 is 0 Å². The van der Waals surface area contributed by atoms with E-state index in [9.17, 15) is 0 Å². The zero-order chi connectivity index (χ0) is 12.4. The minimum atomic E-state index is 0.0486. The fraction of sp³-hybridized carbons (Fsp3) is 0.846. The minimum Gasteiger partial charge on any atom is -0.378 e. The zero-order valence-electron chi connectivity index (χ0n) is 10.9. The van der Waals surface area contributed by atoms with E-state index in [2.05, 4.69) is 22.4 Å². The predicted octanol–water partition coefficient (Wildman–Crippen LogP) is 1.43. The quantitative estimate of drug-likeness (QED) is 0.880. The van der Waals surface area contributed by atoms with Crippen LogP contribution in [0.2, 0.25) is 0 Å². The first-order valence-corrected chi connectivity index (χ1v) is 6.92. The smallest absolute Gasteiger partial charge is 0.232 e. The summed E-state index contributed by atoms with van der Waals surface area (Å²) in [5, 5.41) is 7.48. The van der Waals surface area contributed by atoms with E-state index in [4.69, 9.17) is 9.26 Å². The van der Waals surface area contributed by atoms with Crippen LogP contribution in [-0.2, 0) is 16.6 Å². The van der Waals surface area contributed by atoms with Gasteiger partial charge in [0.15, 0.2) is 5.82 Å². The summed E-state index contributed by atoms with van der Waals surface area (Å²) in [7, 11) is 0. The van der Waals surface area contributed by atoms with Crippen LogP contribution < -0.4 is 5.32 Å². The second kappa shape index (κ2) is 4.97. The van der Waals surface area contributed by atoms with E-state index in [1.807, 2.05) is 0 Å². The molecule has 3 heterocycles. The van der Waals surface area contributed by atoms with Gasteiger partial charge in [0.1, 0.15) is 0 Å². The van der Waals surface area contributed by atoms with E-state index in [1.54, 1.807) is 0 Å². The molecule has 0 amide bonds. The summed E-state index contributed by atoms with van der Waals surface area (Å²) in [6, 6.07) is 0. The van der Waals surface area contributed by atoms with Gasteiger partial charge in [-0.2, -0.15) is 4.98 Å². The SMILES string of the molecule is CC1(c2nc(CC3CCCO3)no2)CCNCC1. The van der Waals surface area contributed by atoms with Crippen LogP contribution in [0.4, 0.5) is 0 Å². The van der Waals surface area contributed by atoms with Crippen LogP contribution in [0, 0.1) is 0 Å². The normalized spacial score (nSPS) is 27.5. The Bertz CT molecular complexity index is 393. The van der Waals surface area contributed by atoms with Crippen molar-refractivity contribution in [2.45, 2.75) is 50.5 Å². The molecule has 0 aliphatic carbocycles. The van der Waals surface area contributed by atoms with Crippen molar-refractivity contribution < 1.29 is 9.26 Å². The number of piperidine rings is 1. The predicted molar refractivity (Wildman–Crippen MR) is 66.4 cm³/mol. The van der Waals surface area contributed by atoms with E-state index in [1.165, 1.54) is 0 Å². The molecule has 5 nitrogen and oxygen atoms in total. The Labute approximate surface area is 107 Å². The van der Waals surface area contributed by atoms with Crippen LogP contribution in [0.15, 0.2) is 4.52 Å². The van der Waals surface area contributed by atoms with Crippen LogP contribution >= 0.6 is 0 Å². The molecule has 0 spiro atoms. The lowest BCUT2D eigenvalue weighted by atomic mass is 9.81. The van der Waals surface area contributed by atoms with E-state index in [-0.39, 0.29) is 11.5 Å². The summed E-state index contributed by atoms with van der Waals surface area (Å²) in [6.45, 7) is 5.15. The van der Waals surface area contributed by atoms with Gasteiger partial charge in [-0.3, -0.25) is 0 Å². The Kier molecular flexibility index (Phi) is 3.35. The van der Waals surface area contributed by atoms with E-state index >= 15 is 0 Å². The Morgan fingerprint density at radius 2 is 2.22 bits per heavy atom. The fourth-order valence-corrected chi connectivity index (χ4v) is 2.78. The molecule has 1 unspecified atom stereocenters. The number of nitrogens with one attached hydrogen (secondary N) is 1. The molecule has 2 fully saturated rings. The molecule has 18 heavy (non-hydrogen) atoms. The lowest BCUT2D eigenvalue weighted by Gasteiger charge is -2.30. The third-order valence-electron chi connectivity index (χ3n) is 4.13. The van der Waals surface area contributed by atoms with Crippen molar-refractivity contribution in [3.63, 3.8) is 0 Å². The lowest BCUT2D eigenvalue weighted by Crippen LogP contribution is -2.37. The lowest BCUT2D eigenvalue weighted by molar-refractivity contribution is 0.109. The molecule has 0 aromatic carbocycles. The Morgan fingerprint density at radius 1 is 1.39 bits per heavy atom. The molecule has 100 valence electrons. The number of rotatable bonds is 3. The summed E-state index contributed by atoms with van der Waals surface area (Å²) in [4.78, 5) is 4.58. The first kappa shape index (κ1) is 12.1. The molecule has 1 N–H and O–H groups in total. The molecule has 0 saturated carbocycles. The number of hydrogen-bond acceptors (Lipinski definition) is 5. The Morgan fingerprint density at radius 3 is 2.94 bits per heavy atom. The zero-order valence-corrected chi connectivity index (χ0v) is 10.9. The summed E-state index contributed by atoms with van der Waals surface area (Å²) >= 11 is 0. The van der Waals surface area contributed by atoms with Gasteiger partial charge in [-0.25, -0.2) is 0 Å². The highest BCUT2D eigenvalue weighted by molar-refractivity contribution is 5.05. The maximum Gasteiger partial charge on any atom is 0.232 e. The number of aromatic nitrogens is 2. The molecule has 1 aromatic rings. The molecule has 5 heteroatoms. The third kappa shape index (κ3) is 2.42. The topological polar surface area (TPSA) is 60.2 Å². The highest BCUT2D eigenvalue weighted by Gasteiger charge is 2.34. The molecule has 0 radical (unpaired) electrons. The highest BCUT2D eigenvalue weighted by Crippen LogP contribution is 2.31. The van der Waals surface area contributed by atoms with Crippen molar-refractivity contribution in [2.24, 2.45) is 0 Å². The fourth-order valence-electron chi connectivity index (χ4n) is 2.78. The van der Waals surface area contributed by atoms with E-state index in [0.717, 1.165) is 63.5 Å². The largest absolute Gasteiger partial charge is 0.378 e. The van der Waals surface area contributed by atoms with Crippen molar-refractivity contribution >= 4 is 0 Å². The van der Waals surface area contributed by atoms with Crippen molar-refractivity contribution in [3.05, 3.63) is 11.7 Å². The van der Waals surface area contributed by atoms with E-state index < -0.39 is 0 Å². The van der Waals surface area contributed by atoms with Crippen LogP contribution in [-0.4, -0.2) is 35.9 Å². The van der Waals surface area contributed by atoms with Crippen LogP contribution in [0.3, 0.4) is 0 Å². The van der Waals surface area contributed by atoms with Gasteiger partial charge in [-0.15, -0.1) is 0 Å². The summed E-state index contributed by atoms with van der Waals surface area (Å²) < 4.78 is 11.1. The van der Waals surface area contributed by atoms with Crippen LogP contribution in [0.5, 0.6) is 0 Å². The summed E-state index contributed by atoms with van der Waals surface area (Å²) in [5.74, 6) is 1.61. The first-order valence-electron chi connectivity index (χ1n) is 6.92. The second-order valence-corrected chi connectivity index (χ2v) is 5.67. The summed E-state index contributed by atoms with van der Waals surface area (Å²) in [5.41, 5.74) is 0.0486. The van der Waals surface area contributed by atoms with Crippen molar-refractivity contribution in [1.82, 2.24) is 15.5 Å². The molecular weight excluding hydrogens is 230 g/mol. The molecule has 2 aliphatic heterocycles. The Balaban J connectivity index is 1.68. The van der Waals surface area contributed by atoms with Gasteiger partial charge in [-0.05, 0) is 38.8 Å². The van der Waals surface area contributed by atoms with Gasteiger partial charge in [-0.1, -0.05) is 12.1 Å². The first-order chi connectivity index (χ1) is 8.76. The standard InChI is InChI=1S/C13H21N3O2/c1-13(4-6-14-7-5-13)12-15-11(16-18-12)9-10-3-2-8-17-10/h10,14H,2-9H2,1H3. The molecule has 3 rings (SSSR count). The molecule has 0 bridgehead atoms. The van der Waals surface area contributed by atoms with Crippen LogP contribution in [0.25, 0.3) is 0 Å². The minimum absolute atomic E-state index is 0.0486. The van der Waals surface area contributed by atoms with Gasteiger partial charge in [0, 0.05) is 18.4 Å². The van der Waals surface area contributed by atoms with Crippen molar-refractivity contribution in [3.8, 4) is 0 Å². The average Bonchev–Trinajstić information content (AvgIpc) is 3.02. The maximum atomic E-state index is 5.61. The highest BCUT2D eigenvalue weighted by atomic mass is 16.5. The number of nitrogens with zero attached hydrogens (tertiary/aromatic N) is 2. The molecule has 2 saturated heterocycles. The van der Waals surface area contributed by atoms with Gasteiger partial charge in [0.2, 0.25) is 5.89 Å². The molecular formula is C13H21N3O2. The second-order valence-electron chi connectivity index (χ2n) is 5.67. The van der Waals surface area contributed by atoms with Crippen LogP contribution in [0.1, 0.15) is 44.3 Å². The number of ether oxygens (including phenoxy) is 1. The van der Waals surface area contributed by atoms with Crippen molar-refractivity contribution in [1.29, 1.82) is 0 Å². The van der Waals surface area contributed by atoms with Crippen molar-refractivity contribution in [2.75, 3.05) is 19.7 Å². The maximum absolute atomic E-state index is 5.61. The molecule has 1 atom stereocenters. The number of hydrogen-bond donors (Lipinski definition) is 1. The van der Waals surface area contributed by atoms with Gasteiger partial charge < -0.3 is 14.6 Å². The Hall–Kier alpha value is -0.940. The van der Waals surface area contributed by atoms with E-state index in [0.29, 0.717) is 0 Å². The monoisotopic (exact) mass is 251 g/mol. The van der Waals surface area contributed by atoms with Gasteiger partial charge in [0.25, 0.3) is 0 Å².